The van der Waals surface area contributed by atoms with Crippen LogP contribution in [0, 0.1) is 41.4 Å². The lowest BCUT2D eigenvalue weighted by Gasteiger charge is -2.66. The molecule has 5 aromatic carbocycles. The van der Waals surface area contributed by atoms with E-state index < -0.39 is 0 Å². The molecule has 1 aromatic heterocycles. The summed E-state index contributed by atoms with van der Waals surface area (Å²) in [5.74, 6) is 4.80. The Labute approximate surface area is 423 Å². The van der Waals surface area contributed by atoms with E-state index in [1.165, 1.54) is 155 Å². The lowest BCUT2D eigenvalue weighted by atomic mass is 9.48. The molecule has 0 spiro atoms. The molecule has 17 unspecified atom stereocenters. The summed E-state index contributed by atoms with van der Waals surface area (Å²) in [7, 11) is 0. The molecular weight excluding hydrogens is 867 g/mol. The van der Waals surface area contributed by atoms with Gasteiger partial charge in [-0.3, -0.25) is 0 Å². The number of aromatic nitrogens is 1. The zero-order chi connectivity index (χ0) is 46.6. The van der Waals surface area contributed by atoms with Crippen molar-refractivity contribution in [3.05, 3.63) is 140 Å². The number of benzene rings is 5. The molecule has 0 bridgehead atoms. The van der Waals surface area contributed by atoms with Gasteiger partial charge in [0, 0.05) is 63.0 Å². The Balaban J connectivity index is 0.887. The standard InChI is InChI=1S/C65H77N5O/c1-4-19-42(20-5-1)67-57-30-14-15-31-58(57)68(43-21-6-2-7-22-43)61-39-52-49-27-18-36-66-65(49)54-41-64-62(69(44-23-8-3-9-24-44)59-32-16-17-33-63(59)71-64)40-53(54)50-37-45(34-35-46(50)51(52)38-60(61)67)70-55-28-12-10-25-47(55)48-26-11-13-29-56(48)70/h1-13,19-26,28-29,45-46,49-54,57-66H,14-18,27,30-41H2. The van der Waals surface area contributed by atoms with Crippen molar-refractivity contribution in [1.82, 2.24) is 9.88 Å². The molecule has 9 fully saturated rings. The minimum Gasteiger partial charge on any atom is -0.371 e. The molecule has 3 aliphatic heterocycles. The number of piperazine rings is 1. The number of para-hydroxylation sites is 5. The van der Waals surface area contributed by atoms with E-state index >= 15 is 0 Å². The van der Waals surface area contributed by atoms with Gasteiger partial charge >= 0.3 is 0 Å². The molecule has 17 atom stereocenters. The highest BCUT2D eigenvalue weighted by molar-refractivity contribution is 6.08. The number of rotatable bonds is 4. The Hall–Kier alpha value is -4.78. The average molecular weight is 944 g/mol. The smallest absolute Gasteiger partial charge is 0.0786 e. The number of ether oxygens (including phenoxy) is 1. The van der Waals surface area contributed by atoms with Crippen LogP contribution in [0.15, 0.2) is 140 Å². The van der Waals surface area contributed by atoms with E-state index in [0.29, 0.717) is 89.9 Å². The molecule has 3 saturated heterocycles. The number of hydrogen-bond acceptors (Lipinski definition) is 5. The van der Waals surface area contributed by atoms with Gasteiger partial charge in [0.2, 0.25) is 0 Å². The predicted octanol–water partition coefficient (Wildman–Crippen LogP) is 13.8. The van der Waals surface area contributed by atoms with Crippen molar-refractivity contribution < 1.29 is 4.74 Å². The normalized spacial score (nSPS) is 38.8. The van der Waals surface area contributed by atoms with Crippen molar-refractivity contribution in [2.75, 3.05) is 21.2 Å². The van der Waals surface area contributed by atoms with E-state index in [1.807, 2.05) is 0 Å². The number of nitrogens with zero attached hydrogens (tertiary/aromatic N) is 4. The summed E-state index contributed by atoms with van der Waals surface area (Å²) in [6.07, 6.45) is 22.8. The number of fused-ring (bicyclic) bond motifs is 15. The van der Waals surface area contributed by atoms with Crippen LogP contribution in [0.25, 0.3) is 21.8 Å². The number of piperidine rings is 1. The van der Waals surface area contributed by atoms with Crippen molar-refractivity contribution in [2.24, 2.45) is 41.4 Å². The van der Waals surface area contributed by atoms with Crippen molar-refractivity contribution in [3.63, 3.8) is 0 Å². The number of morpholine rings is 1. The zero-order valence-electron chi connectivity index (χ0n) is 42.0. The van der Waals surface area contributed by atoms with Crippen LogP contribution in [0.3, 0.4) is 0 Å². The van der Waals surface area contributed by atoms with Crippen LogP contribution in [-0.4, -0.2) is 65.6 Å². The third kappa shape index (κ3) is 7.13. The molecule has 6 saturated carbocycles. The van der Waals surface area contributed by atoms with Crippen molar-refractivity contribution in [2.45, 2.75) is 170 Å². The summed E-state index contributed by atoms with van der Waals surface area (Å²) < 4.78 is 10.5. The van der Waals surface area contributed by atoms with Crippen molar-refractivity contribution in [3.8, 4) is 0 Å². The van der Waals surface area contributed by atoms with E-state index in [-0.39, 0.29) is 6.10 Å². The van der Waals surface area contributed by atoms with Gasteiger partial charge in [0.05, 0.1) is 36.4 Å². The summed E-state index contributed by atoms with van der Waals surface area (Å²) in [4.78, 5) is 9.16. The Bertz CT molecular complexity index is 2760. The van der Waals surface area contributed by atoms with Gasteiger partial charge < -0.3 is 29.3 Å². The lowest BCUT2D eigenvalue weighted by Crippen LogP contribution is -2.73. The molecule has 15 rings (SSSR count). The monoisotopic (exact) mass is 944 g/mol. The molecule has 0 radical (unpaired) electrons. The van der Waals surface area contributed by atoms with Crippen LogP contribution in [0.2, 0.25) is 0 Å². The van der Waals surface area contributed by atoms with Gasteiger partial charge in [-0.05, 0) is 180 Å². The van der Waals surface area contributed by atoms with Crippen LogP contribution in [-0.2, 0) is 4.74 Å². The number of anilines is 3. The summed E-state index contributed by atoms with van der Waals surface area (Å²) in [6.45, 7) is 1.17. The van der Waals surface area contributed by atoms with E-state index in [9.17, 15) is 0 Å². The Morgan fingerprint density at radius 2 is 0.845 bits per heavy atom. The fourth-order valence-electron chi connectivity index (χ4n) is 19.3. The van der Waals surface area contributed by atoms with Crippen LogP contribution in [0.1, 0.15) is 115 Å². The summed E-state index contributed by atoms with van der Waals surface area (Å²) >= 11 is 0. The van der Waals surface area contributed by atoms with Crippen molar-refractivity contribution in [1.29, 1.82) is 0 Å². The third-order valence-corrected chi connectivity index (χ3v) is 21.6. The Morgan fingerprint density at radius 1 is 0.352 bits per heavy atom. The first kappa shape index (κ1) is 43.8. The van der Waals surface area contributed by atoms with Gasteiger partial charge in [-0.25, -0.2) is 0 Å². The highest BCUT2D eigenvalue weighted by Gasteiger charge is 2.61. The Kier molecular flexibility index (Phi) is 11.1. The maximum atomic E-state index is 7.62. The molecule has 4 heterocycles. The average Bonchev–Trinajstić information content (AvgIpc) is 3.78. The van der Waals surface area contributed by atoms with Crippen LogP contribution in [0.4, 0.5) is 17.1 Å². The van der Waals surface area contributed by atoms with Crippen LogP contribution >= 0.6 is 0 Å². The van der Waals surface area contributed by atoms with Gasteiger partial charge in [-0.2, -0.15) is 0 Å². The first-order valence-electron chi connectivity index (χ1n) is 29.1. The largest absolute Gasteiger partial charge is 0.371 e. The van der Waals surface area contributed by atoms with Crippen LogP contribution < -0.4 is 20.0 Å². The molecule has 6 nitrogen and oxygen atoms in total. The fourth-order valence-corrected chi connectivity index (χ4v) is 19.3. The summed E-state index contributed by atoms with van der Waals surface area (Å²) in [5.41, 5.74) is 7.30. The SMILES string of the molecule is c1ccc(N2C3CCCCC3OC3CC4C(CC32)C2CC(n3c5ccccc5c5ccccc53)CCC2C2CC3C(CC2C2CCCNC24)N(c2ccccc2)C2CCCCC2N3c2ccccc2)cc1. The second-order valence-electron chi connectivity index (χ2n) is 24.5. The molecule has 6 aromatic rings. The van der Waals surface area contributed by atoms with Crippen molar-refractivity contribution >= 4 is 38.9 Å². The number of hydrogen-bond donors (Lipinski definition) is 1. The highest BCUT2D eigenvalue weighted by Crippen LogP contribution is 2.62. The van der Waals surface area contributed by atoms with Crippen LogP contribution in [0.5, 0.6) is 0 Å². The molecular formula is C65H77N5O. The second-order valence-corrected chi connectivity index (χ2v) is 24.5. The van der Waals surface area contributed by atoms with Gasteiger partial charge in [0.15, 0.2) is 0 Å². The quantitative estimate of drug-likeness (QED) is 0.178. The highest BCUT2D eigenvalue weighted by atomic mass is 16.5. The number of nitrogens with one attached hydrogen (secondary N) is 1. The molecule has 0 amide bonds. The lowest BCUT2D eigenvalue weighted by molar-refractivity contribution is -0.144. The fraction of sp³-hybridized carbons (Fsp3) is 0.538. The van der Waals surface area contributed by atoms with E-state index in [0.717, 1.165) is 5.92 Å². The zero-order valence-corrected chi connectivity index (χ0v) is 42.0. The molecule has 1 N–H and O–H groups in total. The first-order chi connectivity index (χ1) is 35.2. The van der Waals surface area contributed by atoms with E-state index in [4.69, 9.17) is 4.74 Å². The first-order valence-corrected chi connectivity index (χ1v) is 29.1. The Morgan fingerprint density at radius 3 is 1.46 bits per heavy atom. The maximum absolute atomic E-state index is 7.62. The molecule has 368 valence electrons. The molecule has 6 aliphatic carbocycles. The predicted molar refractivity (Wildman–Crippen MR) is 291 cm³/mol. The minimum absolute atomic E-state index is 0.288. The maximum Gasteiger partial charge on any atom is 0.0786 e. The van der Waals surface area contributed by atoms with Gasteiger partial charge in [-0.15, -0.1) is 0 Å². The molecule has 71 heavy (non-hydrogen) atoms. The van der Waals surface area contributed by atoms with Gasteiger partial charge in [-0.1, -0.05) is 117 Å². The van der Waals surface area contributed by atoms with E-state index in [2.05, 4.69) is 164 Å². The third-order valence-electron chi connectivity index (χ3n) is 21.6. The summed E-state index contributed by atoms with van der Waals surface area (Å²) in [6, 6.07) is 58.3. The van der Waals surface area contributed by atoms with E-state index in [1.54, 1.807) is 0 Å². The molecule has 9 aliphatic rings. The van der Waals surface area contributed by atoms with Gasteiger partial charge in [0.25, 0.3) is 0 Å². The topological polar surface area (TPSA) is 35.9 Å². The minimum atomic E-state index is 0.288. The molecule has 6 heteroatoms. The second kappa shape index (κ2) is 18.0. The van der Waals surface area contributed by atoms with Gasteiger partial charge in [0.1, 0.15) is 0 Å². The summed E-state index contributed by atoms with van der Waals surface area (Å²) in [5, 5.41) is 7.35.